The number of likely N-dealkylation sites (tertiary alicyclic amines) is 1. The molecule has 0 spiro atoms. The van der Waals surface area contributed by atoms with Gasteiger partial charge in [0.15, 0.2) is 0 Å². The van der Waals surface area contributed by atoms with E-state index in [1.54, 1.807) is 20.8 Å². The van der Waals surface area contributed by atoms with Crippen LogP contribution < -0.4 is 5.73 Å². The van der Waals surface area contributed by atoms with Crippen molar-refractivity contribution in [3.05, 3.63) is 0 Å². The Morgan fingerprint density at radius 2 is 1.95 bits per heavy atom. The van der Waals surface area contributed by atoms with Gasteiger partial charge in [-0.25, -0.2) is 4.79 Å². The molecule has 1 heterocycles. The van der Waals surface area contributed by atoms with Gasteiger partial charge in [-0.1, -0.05) is 6.92 Å². The normalized spacial score (nSPS) is 28.6. The van der Waals surface area contributed by atoms with E-state index in [0.717, 1.165) is 4.90 Å². The van der Waals surface area contributed by atoms with E-state index in [-0.39, 0.29) is 13.1 Å². The minimum atomic E-state index is -4.37. The molecule has 0 aromatic rings. The molecule has 0 aliphatic carbocycles. The third kappa shape index (κ3) is 3.75. The van der Waals surface area contributed by atoms with E-state index in [1.807, 2.05) is 0 Å². The number of hydrogen-bond donors (Lipinski definition) is 1. The zero-order valence-electron chi connectivity index (χ0n) is 11.7. The summed E-state index contributed by atoms with van der Waals surface area (Å²) in [6.45, 7) is 5.90. The highest BCUT2D eigenvalue weighted by Crippen LogP contribution is 2.45. The van der Waals surface area contributed by atoms with Crippen LogP contribution in [0.5, 0.6) is 0 Å². The van der Waals surface area contributed by atoms with Gasteiger partial charge in [-0.2, -0.15) is 13.2 Å². The Morgan fingerprint density at radius 3 is 2.26 bits per heavy atom. The fourth-order valence-electron chi connectivity index (χ4n) is 2.22. The van der Waals surface area contributed by atoms with Crippen LogP contribution in [0.2, 0.25) is 0 Å². The van der Waals surface area contributed by atoms with E-state index < -0.39 is 35.7 Å². The van der Waals surface area contributed by atoms with E-state index in [0.29, 0.717) is 0 Å². The smallest absolute Gasteiger partial charge is 0.410 e. The number of amides is 1. The lowest BCUT2D eigenvalue weighted by Gasteiger charge is -2.30. The third-order valence-corrected chi connectivity index (χ3v) is 3.31. The summed E-state index contributed by atoms with van der Waals surface area (Å²) in [6, 6.07) is 0. The number of nitrogens with two attached hydrogens (primary N) is 1. The van der Waals surface area contributed by atoms with Gasteiger partial charge in [-0.05, 0) is 20.8 Å². The SMILES string of the molecule is CC(C)(C)OC(=O)N1C[C@@H](C(F)(F)F)[C@@](C)(CN)C1. The Bertz CT molecular complexity index is 352. The van der Waals surface area contributed by atoms with Gasteiger partial charge in [0.1, 0.15) is 5.60 Å². The van der Waals surface area contributed by atoms with Gasteiger partial charge in [0.25, 0.3) is 0 Å². The highest BCUT2D eigenvalue weighted by Gasteiger charge is 2.57. The monoisotopic (exact) mass is 282 g/mol. The van der Waals surface area contributed by atoms with E-state index in [9.17, 15) is 18.0 Å². The lowest BCUT2D eigenvalue weighted by molar-refractivity contribution is -0.191. The second-order valence-corrected chi connectivity index (χ2v) is 6.31. The first-order chi connectivity index (χ1) is 8.39. The molecule has 0 radical (unpaired) electrons. The van der Waals surface area contributed by atoms with E-state index >= 15 is 0 Å². The first-order valence-electron chi connectivity index (χ1n) is 6.14. The lowest BCUT2D eigenvalue weighted by Crippen LogP contribution is -2.42. The average molecular weight is 282 g/mol. The number of carbonyl (C=O) groups excluding carboxylic acids is 1. The molecule has 1 aliphatic heterocycles. The zero-order valence-corrected chi connectivity index (χ0v) is 11.7. The molecule has 2 atom stereocenters. The Morgan fingerprint density at radius 1 is 1.42 bits per heavy atom. The standard InChI is InChI=1S/C12H21F3N2O2/c1-10(2,3)19-9(18)17-5-8(12(13,14)15)11(4,6-16)7-17/h8H,5-7,16H2,1-4H3/t8-,11+/m1/s1. The first-order valence-corrected chi connectivity index (χ1v) is 6.14. The Labute approximate surface area is 111 Å². The highest BCUT2D eigenvalue weighted by atomic mass is 19.4. The number of halogens is 3. The number of ether oxygens (including phenoxy) is 1. The number of nitrogens with zero attached hydrogens (tertiary/aromatic N) is 1. The molecular weight excluding hydrogens is 261 g/mol. The van der Waals surface area contributed by atoms with Crippen LogP contribution in [0.3, 0.4) is 0 Å². The molecule has 19 heavy (non-hydrogen) atoms. The summed E-state index contributed by atoms with van der Waals surface area (Å²) in [5.74, 6) is -1.61. The lowest BCUT2D eigenvalue weighted by atomic mass is 9.79. The Balaban J connectivity index is 2.85. The van der Waals surface area contributed by atoms with E-state index in [1.165, 1.54) is 6.92 Å². The Hall–Kier alpha value is -0.980. The summed E-state index contributed by atoms with van der Waals surface area (Å²) in [4.78, 5) is 12.9. The van der Waals surface area contributed by atoms with Gasteiger partial charge in [0.2, 0.25) is 0 Å². The molecule has 2 N–H and O–H groups in total. The molecule has 112 valence electrons. The quantitative estimate of drug-likeness (QED) is 0.803. The topological polar surface area (TPSA) is 55.6 Å². The van der Waals surface area contributed by atoms with Crippen molar-refractivity contribution in [1.29, 1.82) is 0 Å². The number of hydrogen-bond acceptors (Lipinski definition) is 3. The molecule has 0 unspecified atom stereocenters. The van der Waals surface area contributed by atoms with Gasteiger partial charge in [-0.15, -0.1) is 0 Å². The van der Waals surface area contributed by atoms with Gasteiger partial charge in [0.05, 0.1) is 5.92 Å². The summed E-state index contributed by atoms with van der Waals surface area (Å²) >= 11 is 0. The van der Waals surface area contributed by atoms with Crippen LogP contribution in [0.15, 0.2) is 0 Å². The molecule has 7 heteroatoms. The van der Waals surface area contributed by atoms with Crippen LogP contribution in [0.25, 0.3) is 0 Å². The van der Waals surface area contributed by atoms with Crippen LogP contribution >= 0.6 is 0 Å². The van der Waals surface area contributed by atoms with Crippen molar-refractivity contribution in [2.45, 2.75) is 39.5 Å². The minimum absolute atomic E-state index is 0.0391. The zero-order chi connectivity index (χ0) is 15.1. The molecule has 0 aromatic carbocycles. The van der Waals surface area contributed by atoms with Gasteiger partial charge >= 0.3 is 12.3 Å². The van der Waals surface area contributed by atoms with E-state index in [2.05, 4.69) is 0 Å². The molecule has 1 amide bonds. The van der Waals surface area contributed by atoms with Crippen molar-refractivity contribution in [3.8, 4) is 0 Å². The molecule has 1 saturated heterocycles. The maximum Gasteiger partial charge on any atom is 0.410 e. The summed E-state index contributed by atoms with van der Waals surface area (Å²) in [6.07, 6.45) is -5.09. The van der Waals surface area contributed by atoms with Gasteiger partial charge < -0.3 is 15.4 Å². The van der Waals surface area contributed by atoms with Gasteiger partial charge in [-0.3, -0.25) is 0 Å². The van der Waals surface area contributed by atoms with Crippen LogP contribution in [0.1, 0.15) is 27.7 Å². The maximum absolute atomic E-state index is 13.0. The first kappa shape index (κ1) is 16.1. The fraction of sp³-hybridized carbons (Fsp3) is 0.917. The predicted octanol–water partition coefficient (Wildman–Crippen LogP) is 2.38. The average Bonchev–Trinajstić information content (AvgIpc) is 2.54. The second kappa shape index (κ2) is 4.85. The molecule has 1 rings (SSSR count). The molecule has 0 saturated carbocycles. The Kier molecular flexibility index (Phi) is 4.10. The van der Waals surface area contributed by atoms with Gasteiger partial charge in [0, 0.05) is 25.0 Å². The predicted molar refractivity (Wildman–Crippen MR) is 64.5 cm³/mol. The maximum atomic E-state index is 13.0. The summed E-state index contributed by atoms with van der Waals surface area (Å²) in [7, 11) is 0. The minimum Gasteiger partial charge on any atom is -0.444 e. The second-order valence-electron chi connectivity index (χ2n) is 6.31. The van der Waals surface area contributed by atoms with Crippen molar-refractivity contribution in [2.24, 2.45) is 17.1 Å². The highest BCUT2D eigenvalue weighted by molar-refractivity contribution is 5.68. The van der Waals surface area contributed by atoms with Crippen LogP contribution in [-0.4, -0.2) is 42.4 Å². The van der Waals surface area contributed by atoms with Crippen molar-refractivity contribution < 1.29 is 22.7 Å². The van der Waals surface area contributed by atoms with Crippen LogP contribution in [0, 0.1) is 11.3 Å². The van der Waals surface area contributed by atoms with Crippen molar-refractivity contribution >= 4 is 6.09 Å². The molecule has 0 aromatic heterocycles. The van der Waals surface area contributed by atoms with Crippen LogP contribution in [-0.2, 0) is 4.74 Å². The third-order valence-electron chi connectivity index (χ3n) is 3.31. The van der Waals surface area contributed by atoms with E-state index in [4.69, 9.17) is 10.5 Å². The number of rotatable bonds is 1. The van der Waals surface area contributed by atoms with Crippen molar-refractivity contribution in [2.75, 3.05) is 19.6 Å². The summed E-state index contributed by atoms with van der Waals surface area (Å²) < 4.78 is 44.0. The van der Waals surface area contributed by atoms with Crippen LogP contribution in [0.4, 0.5) is 18.0 Å². The molecular formula is C12H21F3N2O2. The fourth-order valence-corrected chi connectivity index (χ4v) is 2.22. The summed E-state index contributed by atoms with van der Waals surface area (Å²) in [5.41, 5.74) is 3.58. The van der Waals surface area contributed by atoms with Crippen molar-refractivity contribution in [3.63, 3.8) is 0 Å². The molecule has 0 bridgehead atoms. The summed E-state index contributed by atoms with van der Waals surface area (Å²) in [5, 5.41) is 0. The molecule has 1 aliphatic rings. The molecule has 1 fully saturated rings. The number of carbonyl (C=O) groups is 1. The van der Waals surface area contributed by atoms with Crippen molar-refractivity contribution in [1.82, 2.24) is 4.90 Å². The molecule has 4 nitrogen and oxygen atoms in total. The number of alkyl halides is 3. The largest absolute Gasteiger partial charge is 0.444 e.